The summed E-state index contributed by atoms with van der Waals surface area (Å²) in [6.45, 7) is 12.3. The lowest BCUT2D eigenvalue weighted by molar-refractivity contribution is 0.577. The molecule has 0 atom stereocenters. The van der Waals surface area contributed by atoms with Gasteiger partial charge < -0.3 is 14.2 Å². The Bertz CT molecular complexity index is 1200. The molecule has 1 aliphatic rings. The molecule has 7 heteroatoms. The number of hydrogen-bond donors (Lipinski definition) is 0. The molecule has 0 amide bonds. The first-order valence-electron chi connectivity index (χ1n) is 10.4. The summed E-state index contributed by atoms with van der Waals surface area (Å²) in [4.78, 5) is 14.1. The van der Waals surface area contributed by atoms with Crippen LogP contribution in [0.2, 0.25) is 0 Å². The molecule has 0 saturated carbocycles. The third-order valence-corrected chi connectivity index (χ3v) is 6.17. The van der Waals surface area contributed by atoms with Gasteiger partial charge in [-0.05, 0) is 57.0 Å². The molecule has 3 aromatic heterocycles. The zero-order valence-corrected chi connectivity index (χ0v) is 17.9. The maximum Gasteiger partial charge on any atom is 0.255 e. The number of anilines is 2. The summed E-state index contributed by atoms with van der Waals surface area (Å²) in [6, 6.07) is 10.3. The van der Waals surface area contributed by atoms with E-state index in [4.69, 9.17) is 9.52 Å². The quantitative estimate of drug-likeness (QED) is 0.517. The predicted octanol–water partition coefficient (Wildman–Crippen LogP) is 3.94. The van der Waals surface area contributed by atoms with E-state index in [1.54, 1.807) is 6.26 Å². The fourth-order valence-corrected chi connectivity index (χ4v) is 4.19. The molecular weight excluding hydrogens is 376 g/mol. The molecule has 0 radical (unpaired) electrons. The lowest BCUT2D eigenvalue weighted by Crippen LogP contribution is -2.47. The van der Waals surface area contributed by atoms with Crippen molar-refractivity contribution in [3.63, 3.8) is 0 Å². The first kappa shape index (κ1) is 18.7. The van der Waals surface area contributed by atoms with Crippen molar-refractivity contribution >= 4 is 17.3 Å². The molecule has 1 aliphatic heterocycles. The summed E-state index contributed by atoms with van der Waals surface area (Å²) in [5.74, 6) is 2.90. The predicted molar refractivity (Wildman–Crippen MR) is 118 cm³/mol. The van der Waals surface area contributed by atoms with Crippen molar-refractivity contribution in [1.29, 1.82) is 0 Å². The van der Waals surface area contributed by atoms with Gasteiger partial charge in [0.1, 0.15) is 5.82 Å². The smallest absolute Gasteiger partial charge is 0.255 e. The molecule has 1 saturated heterocycles. The van der Waals surface area contributed by atoms with Crippen LogP contribution in [0, 0.1) is 27.7 Å². The van der Waals surface area contributed by atoms with Gasteiger partial charge >= 0.3 is 0 Å². The second kappa shape index (κ2) is 7.16. The molecule has 0 aliphatic carbocycles. The highest BCUT2D eigenvalue weighted by Crippen LogP contribution is 2.28. The fourth-order valence-electron chi connectivity index (χ4n) is 4.19. The number of rotatable bonds is 3. The minimum atomic E-state index is 0.563. The molecule has 1 aromatic carbocycles. The number of aromatic nitrogens is 4. The molecule has 4 heterocycles. The first-order valence-corrected chi connectivity index (χ1v) is 10.4. The Balaban J connectivity index is 1.48. The lowest BCUT2D eigenvalue weighted by Gasteiger charge is -2.38. The Hall–Kier alpha value is -3.35. The van der Waals surface area contributed by atoms with Gasteiger partial charge in [0.05, 0.1) is 6.26 Å². The van der Waals surface area contributed by atoms with Gasteiger partial charge in [-0.25, -0.2) is 4.98 Å². The highest BCUT2D eigenvalue weighted by molar-refractivity contribution is 5.60. The topological polar surface area (TPSA) is 62.7 Å². The van der Waals surface area contributed by atoms with E-state index in [0.29, 0.717) is 17.4 Å². The maximum atomic E-state index is 5.49. The minimum absolute atomic E-state index is 0.563. The van der Waals surface area contributed by atoms with Gasteiger partial charge in [0.15, 0.2) is 5.76 Å². The summed E-state index contributed by atoms with van der Waals surface area (Å²) in [5, 5.41) is 4.73. The van der Waals surface area contributed by atoms with E-state index in [1.165, 1.54) is 16.8 Å². The van der Waals surface area contributed by atoms with Gasteiger partial charge in [-0.2, -0.15) is 9.50 Å². The zero-order chi connectivity index (χ0) is 20.8. The summed E-state index contributed by atoms with van der Waals surface area (Å²) in [6.07, 6.45) is 1.64. The van der Waals surface area contributed by atoms with Gasteiger partial charge in [-0.1, -0.05) is 12.1 Å². The SMILES string of the molecule is Cc1cccc(N2CCN(c3c(C)c(C)nc4nc(-c5ccco5)nn34)CC2)c1C. The van der Waals surface area contributed by atoms with Crippen LogP contribution in [-0.4, -0.2) is 45.8 Å². The Morgan fingerprint density at radius 3 is 2.33 bits per heavy atom. The van der Waals surface area contributed by atoms with E-state index in [2.05, 4.69) is 58.7 Å². The molecule has 4 aromatic rings. The third-order valence-electron chi connectivity index (χ3n) is 6.17. The lowest BCUT2D eigenvalue weighted by atomic mass is 10.1. The number of fused-ring (bicyclic) bond motifs is 1. The van der Waals surface area contributed by atoms with Gasteiger partial charge in [-0.15, -0.1) is 5.10 Å². The molecule has 154 valence electrons. The highest BCUT2D eigenvalue weighted by atomic mass is 16.3. The summed E-state index contributed by atoms with van der Waals surface area (Å²) < 4.78 is 7.36. The van der Waals surface area contributed by atoms with Crippen LogP contribution < -0.4 is 9.80 Å². The summed E-state index contributed by atoms with van der Waals surface area (Å²) in [5.41, 5.74) is 6.16. The molecule has 0 spiro atoms. The summed E-state index contributed by atoms with van der Waals surface area (Å²) >= 11 is 0. The zero-order valence-electron chi connectivity index (χ0n) is 17.9. The maximum absolute atomic E-state index is 5.49. The molecule has 1 fully saturated rings. The average Bonchev–Trinajstić information content (AvgIpc) is 3.41. The molecule has 0 unspecified atom stereocenters. The van der Waals surface area contributed by atoms with E-state index in [-0.39, 0.29) is 0 Å². The van der Waals surface area contributed by atoms with Crippen molar-refractivity contribution in [3.8, 4) is 11.6 Å². The number of aryl methyl sites for hydroxylation is 2. The third kappa shape index (κ3) is 3.01. The second-order valence-corrected chi connectivity index (χ2v) is 7.96. The van der Waals surface area contributed by atoms with Gasteiger partial charge in [0.25, 0.3) is 5.78 Å². The van der Waals surface area contributed by atoms with Crippen LogP contribution in [-0.2, 0) is 0 Å². The fraction of sp³-hybridized carbons (Fsp3) is 0.348. The van der Waals surface area contributed by atoms with E-state index < -0.39 is 0 Å². The Morgan fingerprint density at radius 2 is 1.60 bits per heavy atom. The largest absolute Gasteiger partial charge is 0.461 e. The van der Waals surface area contributed by atoms with Crippen LogP contribution in [0.1, 0.15) is 22.4 Å². The standard InChI is InChI=1S/C23H26N6O/c1-15-7-5-8-19(16(15)2)27-10-12-28(13-11-27)22-17(3)18(4)24-23-25-21(26-29(22)23)20-9-6-14-30-20/h5-9,14H,10-13H2,1-4H3. The molecule has 0 bridgehead atoms. The van der Waals surface area contributed by atoms with Crippen LogP contribution >= 0.6 is 0 Å². The van der Waals surface area contributed by atoms with Gasteiger partial charge in [0.2, 0.25) is 5.82 Å². The second-order valence-electron chi connectivity index (χ2n) is 7.96. The van der Waals surface area contributed by atoms with Crippen molar-refractivity contribution in [3.05, 3.63) is 59.0 Å². The van der Waals surface area contributed by atoms with Crippen LogP contribution in [0.5, 0.6) is 0 Å². The monoisotopic (exact) mass is 402 g/mol. The van der Waals surface area contributed by atoms with E-state index in [9.17, 15) is 0 Å². The summed E-state index contributed by atoms with van der Waals surface area (Å²) in [7, 11) is 0. The van der Waals surface area contributed by atoms with Crippen LogP contribution in [0.15, 0.2) is 41.0 Å². The Labute approximate surface area is 176 Å². The molecule has 0 N–H and O–H groups in total. The molecule has 5 rings (SSSR count). The molecule has 7 nitrogen and oxygen atoms in total. The van der Waals surface area contributed by atoms with Crippen LogP contribution in [0.3, 0.4) is 0 Å². The number of hydrogen-bond acceptors (Lipinski definition) is 6. The van der Waals surface area contributed by atoms with Crippen LogP contribution in [0.25, 0.3) is 17.4 Å². The van der Waals surface area contributed by atoms with E-state index in [1.807, 2.05) is 23.6 Å². The molecule has 30 heavy (non-hydrogen) atoms. The normalized spacial score (nSPS) is 14.7. The van der Waals surface area contributed by atoms with Crippen molar-refractivity contribution in [1.82, 2.24) is 19.6 Å². The number of piperazine rings is 1. The Morgan fingerprint density at radius 1 is 0.833 bits per heavy atom. The van der Waals surface area contributed by atoms with Crippen molar-refractivity contribution in [2.24, 2.45) is 0 Å². The van der Waals surface area contributed by atoms with E-state index in [0.717, 1.165) is 43.3 Å². The van der Waals surface area contributed by atoms with Crippen LogP contribution in [0.4, 0.5) is 11.5 Å². The number of nitrogens with zero attached hydrogens (tertiary/aromatic N) is 6. The van der Waals surface area contributed by atoms with Crippen molar-refractivity contribution in [2.75, 3.05) is 36.0 Å². The first-order chi connectivity index (χ1) is 14.5. The molecular formula is C23H26N6O. The van der Waals surface area contributed by atoms with Crippen molar-refractivity contribution in [2.45, 2.75) is 27.7 Å². The number of benzene rings is 1. The highest BCUT2D eigenvalue weighted by Gasteiger charge is 2.24. The average molecular weight is 403 g/mol. The van der Waals surface area contributed by atoms with Crippen molar-refractivity contribution < 1.29 is 4.42 Å². The minimum Gasteiger partial charge on any atom is -0.461 e. The number of furan rings is 1. The van der Waals surface area contributed by atoms with Gasteiger partial charge in [-0.3, -0.25) is 0 Å². The Kier molecular flexibility index (Phi) is 4.46. The van der Waals surface area contributed by atoms with E-state index >= 15 is 0 Å². The van der Waals surface area contributed by atoms with Gasteiger partial charge in [0, 0.05) is 43.1 Å².